The first-order chi connectivity index (χ1) is 5.07. The van der Waals surface area contributed by atoms with Crippen molar-refractivity contribution >= 4 is 20.0 Å². The molecule has 0 radical (unpaired) electrons. The van der Waals surface area contributed by atoms with Crippen molar-refractivity contribution in [1.29, 1.82) is 0 Å². The van der Waals surface area contributed by atoms with Crippen molar-refractivity contribution in [2.75, 3.05) is 26.6 Å². The molecule has 0 N–H and O–H groups in total. The molecule has 8 heteroatoms. The highest BCUT2D eigenvalue weighted by Gasteiger charge is 2.28. The zero-order valence-electron chi connectivity index (χ0n) is 7.34. The Kier molecular flexibility index (Phi) is 3.24. The minimum Gasteiger partial charge on any atom is -0.220 e. The van der Waals surface area contributed by atoms with Gasteiger partial charge in [-0.1, -0.05) is 0 Å². The lowest BCUT2D eigenvalue weighted by molar-refractivity contribution is 0.225. The van der Waals surface area contributed by atoms with Crippen LogP contribution in [0.15, 0.2) is 0 Å². The van der Waals surface area contributed by atoms with Crippen molar-refractivity contribution < 1.29 is 16.8 Å². The molecule has 0 aliphatic heterocycles. The fourth-order valence-electron chi connectivity index (χ4n) is 0.839. The molecule has 0 saturated heterocycles. The van der Waals surface area contributed by atoms with Crippen LogP contribution in [-0.4, -0.2) is 52.3 Å². The summed E-state index contributed by atoms with van der Waals surface area (Å²) in [7, 11) is -4.83. The van der Waals surface area contributed by atoms with Gasteiger partial charge < -0.3 is 0 Å². The van der Waals surface area contributed by atoms with Crippen LogP contribution in [0.1, 0.15) is 0 Å². The highest BCUT2D eigenvalue weighted by Crippen LogP contribution is 2.05. The highest BCUT2D eigenvalue weighted by atomic mass is 32.3. The van der Waals surface area contributed by atoms with Gasteiger partial charge in [-0.3, -0.25) is 0 Å². The summed E-state index contributed by atoms with van der Waals surface area (Å²) in [5, 5.41) is 0.991. The van der Waals surface area contributed by atoms with E-state index < -0.39 is 20.0 Å². The minimum absolute atomic E-state index is 0.319. The van der Waals surface area contributed by atoms with E-state index in [0.29, 0.717) is 3.82 Å². The predicted molar refractivity (Wildman–Crippen MR) is 45.2 cm³/mol. The molecule has 0 bridgehead atoms. The lowest BCUT2D eigenvalue weighted by atomic mass is 11.2. The maximum Gasteiger partial charge on any atom is 0.237 e. The molecule has 0 saturated carbocycles. The van der Waals surface area contributed by atoms with Gasteiger partial charge in [0.05, 0.1) is 12.5 Å². The van der Waals surface area contributed by atoms with E-state index in [1.807, 2.05) is 0 Å². The van der Waals surface area contributed by atoms with Gasteiger partial charge in [-0.25, -0.2) is 21.8 Å². The molecule has 0 heterocycles. The topological polar surface area (TPSA) is 74.8 Å². The molecule has 6 nitrogen and oxygen atoms in total. The summed E-state index contributed by atoms with van der Waals surface area (Å²) >= 11 is 0. The summed E-state index contributed by atoms with van der Waals surface area (Å²) < 4.78 is 44.0. The Bertz CT molecular complexity index is 309. The molecular formula is C4H12N2O4S2. The molecule has 0 rings (SSSR count). The smallest absolute Gasteiger partial charge is 0.220 e. The Balaban J connectivity index is 5.26. The van der Waals surface area contributed by atoms with Crippen LogP contribution in [0, 0.1) is 0 Å². The van der Waals surface area contributed by atoms with Crippen LogP contribution in [0.2, 0.25) is 0 Å². The average molecular weight is 216 g/mol. The molecule has 74 valence electrons. The van der Waals surface area contributed by atoms with Gasteiger partial charge in [-0.2, -0.15) is 0 Å². The van der Waals surface area contributed by atoms with Crippen molar-refractivity contribution in [3.63, 3.8) is 0 Å². The largest absolute Gasteiger partial charge is 0.237 e. The number of nitrogens with zero attached hydrogens (tertiary/aromatic N) is 2. The maximum atomic E-state index is 10.9. The first-order valence-corrected chi connectivity index (χ1v) is 6.64. The molecule has 0 atom stereocenters. The Morgan fingerprint density at radius 1 is 0.833 bits per heavy atom. The van der Waals surface area contributed by atoms with Crippen LogP contribution in [0.4, 0.5) is 0 Å². The molecular weight excluding hydrogens is 204 g/mol. The minimum atomic E-state index is -3.75. The standard InChI is InChI=1S/C4H12N2O4S2/c1-5(2)6(11(3,7)8)12(4,9)10/h1-4H3. The monoisotopic (exact) mass is 216 g/mol. The summed E-state index contributed by atoms with van der Waals surface area (Å²) in [4.78, 5) is 0. The van der Waals surface area contributed by atoms with Gasteiger partial charge in [-0.05, 0) is 3.82 Å². The second-order valence-electron chi connectivity index (χ2n) is 2.55. The van der Waals surface area contributed by atoms with E-state index in [9.17, 15) is 16.8 Å². The van der Waals surface area contributed by atoms with Crippen molar-refractivity contribution in [1.82, 2.24) is 8.83 Å². The zero-order chi connectivity index (χ0) is 10.2. The van der Waals surface area contributed by atoms with Crippen molar-refractivity contribution in [2.24, 2.45) is 0 Å². The third-order valence-electron chi connectivity index (χ3n) is 0.894. The van der Waals surface area contributed by atoms with Crippen molar-refractivity contribution in [2.45, 2.75) is 0 Å². The zero-order valence-corrected chi connectivity index (χ0v) is 8.98. The third kappa shape index (κ3) is 3.05. The molecule has 0 aromatic heterocycles. The number of hydrazine groups is 1. The van der Waals surface area contributed by atoms with Gasteiger partial charge in [-0.15, -0.1) is 0 Å². The fourth-order valence-corrected chi connectivity index (χ4v) is 3.99. The Morgan fingerprint density at radius 3 is 1.08 bits per heavy atom. The second-order valence-corrected chi connectivity index (χ2v) is 6.41. The van der Waals surface area contributed by atoms with Gasteiger partial charge in [0.1, 0.15) is 0 Å². The fraction of sp³-hybridized carbons (Fsp3) is 1.00. The van der Waals surface area contributed by atoms with Crippen LogP contribution in [0.3, 0.4) is 0 Å². The molecule has 0 unspecified atom stereocenters. The Hall–Kier alpha value is -0.180. The molecule has 0 aliphatic rings. The number of rotatable bonds is 3. The summed E-state index contributed by atoms with van der Waals surface area (Å²) in [6.07, 6.45) is 1.65. The highest BCUT2D eigenvalue weighted by molar-refractivity contribution is 8.03. The van der Waals surface area contributed by atoms with E-state index in [2.05, 4.69) is 0 Å². The predicted octanol–water partition coefficient (Wildman–Crippen LogP) is -1.32. The van der Waals surface area contributed by atoms with Gasteiger partial charge in [0, 0.05) is 14.1 Å². The lowest BCUT2D eigenvalue weighted by Crippen LogP contribution is -2.44. The first-order valence-electron chi connectivity index (χ1n) is 2.94. The van der Waals surface area contributed by atoms with E-state index in [4.69, 9.17) is 0 Å². The number of sulfonamides is 2. The summed E-state index contributed by atoms with van der Waals surface area (Å²) in [5.74, 6) is 0. The second kappa shape index (κ2) is 3.29. The SMILES string of the molecule is CN(C)N(S(C)(=O)=O)S(C)(=O)=O. The van der Waals surface area contributed by atoms with Crippen LogP contribution < -0.4 is 0 Å². The molecule has 0 aromatic rings. The molecule has 0 fully saturated rings. The first kappa shape index (κ1) is 11.8. The van der Waals surface area contributed by atoms with E-state index in [1.54, 1.807) is 0 Å². The van der Waals surface area contributed by atoms with Crippen molar-refractivity contribution in [3.8, 4) is 0 Å². The normalized spacial score (nSPS) is 14.2. The molecule has 0 spiro atoms. The van der Waals surface area contributed by atoms with Crippen LogP contribution in [-0.2, 0) is 20.0 Å². The Labute approximate surface area is 72.8 Å². The van der Waals surface area contributed by atoms with E-state index >= 15 is 0 Å². The van der Waals surface area contributed by atoms with E-state index in [0.717, 1.165) is 17.5 Å². The van der Waals surface area contributed by atoms with Crippen molar-refractivity contribution in [3.05, 3.63) is 0 Å². The molecule has 0 aromatic carbocycles. The van der Waals surface area contributed by atoms with E-state index in [-0.39, 0.29) is 0 Å². The van der Waals surface area contributed by atoms with Gasteiger partial charge in [0.2, 0.25) is 20.0 Å². The molecule has 0 aliphatic carbocycles. The summed E-state index contributed by atoms with van der Waals surface area (Å²) in [6.45, 7) is 0. The van der Waals surface area contributed by atoms with Crippen LogP contribution >= 0.6 is 0 Å². The van der Waals surface area contributed by atoms with Gasteiger partial charge >= 0.3 is 0 Å². The third-order valence-corrected chi connectivity index (χ3v) is 4.31. The lowest BCUT2D eigenvalue weighted by Gasteiger charge is -2.23. The average Bonchev–Trinajstić information content (AvgIpc) is 1.49. The van der Waals surface area contributed by atoms with Crippen LogP contribution in [0.5, 0.6) is 0 Å². The molecule has 0 amide bonds. The maximum absolute atomic E-state index is 10.9. The Morgan fingerprint density at radius 2 is 1.08 bits per heavy atom. The van der Waals surface area contributed by atoms with E-state index in [1.165, 1.54) is 14.1 Å². The number of hydrogen-bond acceptors (Lipinski definition) is 5. The van der Waals surface area contributed by atoms with Gasteiger partial charge in [0.25, 0.3) is 0 Å². The molecule has 12 heavy (non-hydrogen) atoms. The number of hydrogen-bond donors (Lipinski definition) is 0. The summed E-state index contributed by atoms with van der Waals surface area (Å²) in [6, 6.07) is 0. The van der Waals surface area contributed by atoms with Crippen LogP contribution in [0.25, 0.3) is 0 Å². The quantitative estimate of drug-likeness (QED) is 0.547. The summed E-state index contributed by atoms with van der Waals surface area (Å²) in [5.41, 5.74) is 0. The van der Waals surface area contributed by atoms with Gasteiger partial charge in [0.15, 0.2) is 0 Å².